The van der Waals surface area contributed by atoms with Crippen LogP contribution in [0, 0.1) is 0 Å². The van der Waals surface area contributed by atoms with Crippen molar-refractivity contribution in [1.29, 1.82) is 0 Å². The molecule has 0 saturated heterocycles. The van der Waals surface area contributed by atoms with Gasteiger partial charge >= 0.3 is 0 Å². The Hall–Kier alpha value is -0.630. The monoisotopic (exact) mass is 489 g/mol. The van der Waals surface area contributed by atoms with Crippen LogP contribution in [0.2, 0.25) is 0 Å². The first kappa shape index (κ1) is 15.3. The molecule has 2 heterocycles. The van der Waals surface area contributed by atoms with E-state index in [1.807, 2.05) is 25.2 Å². The Bertz CT molecular complexity index is 803. The molecule has 2 aromatic heterocycles. The molecule has 3 aromatic rings. The Morgan fingerprint density at radius 3 is 2.57 bits per heavy atom. The SMILES string of the molecule is Cn1nc(-c2cc(Br)c(Br)s2)c(-c2cccc(Br)c2)c1N. The third-order valence-corrected chi connectivity index (χ3v) is 6.84. The molecule has 1 aromatic carbocycles. The number of nitrogens with two attached hydrogens (primary N) is 1. The largest absolute Gasteiger partial charge is 0.383 e. The van der Waals surface area contributed by atoms with E-state index < -0.39 is 0 Å². The van der Waals surface area contributed by atoms with Gasteiger partial charge in [-0.2, -0.15) is 5.10 Å². The molecule has 21 heavy (non-hydrogen) atoms. The van der Waals surface area contributed by atoms with Crippen molar-refractivity contribution in [3.8, 4) is 21.7 Å². The van der Waals surface area contributed by atoms with Crippen molar-refractivity contribution in [3.63, 3.8) is 0 Å². The summed E-state index contributed by atoms with van der Waals surface area (Å²) in [5, 5.41) is 4.59. The lowest BCUT2D eigenvalue weighted by Gasteiger charge is -2.03. The highest BCUT2D eigenvalue weighted by atomic mass is 79.9. The first-order valence-electron chi connectivity index (χ1n) is 6.01. The summed E-state index contributed by atoms with van der Waals surface area (Å²) in [5.41, 5.74) is 9.13. The van der Waals surface area contributed by atoms with Crippen LogP contribution in [0.5, 0.6) is 0 Å². The second-order valence-electron chi connectivity index (χ2n) is 4.48. The smallest absolute Gasteiger partial charge is 0.129 e. The minimum atomic E-state index is 0.656. The van der Waals surface area contributed by atoms with Crippen molar-refractivity contribution >= 4 is 64.9 Å². The molecular weight excluding hydrogens is 482 g/mol. The van der Waals surface area contributed by atoms with Gasteiger partial charge in [-0.25, -0.2) is 0 Å². The lowest BCUT2D eigenvalue weighted by Crippen LogP contribution is -1.97. The van der Waals surface area contributed by atoms with Gasteiger partial charge < -0.3 is 5.73 Å². The standard InChI is InChI=1S/C14H10Br3N3S/c1-20-14(18)11(7-3-2-4-8(15)5-7)12(19-20)10-6-9(16)13(17)21-10/h2-6H,18H2,1H3. The Balaban J connectivity index is 2.25. The van der Waals surface area contributed by atoms with Crippen LogP contribution in [0.4, 0.5) is 5.82 Å². The van der Waals surface area contributed by atoms with E-state index in [2.05, 4.69) is 65.0 Å². The van der Waals surface area contributed by atoms with Gasteiger partial charge in [0.1, 0.15) is 11.5 Å². The number of anilines is 1. The fraction of sp³-hybridized carbons (Fsp3) is 0.0714. The van der Waals surface area contributed by atoms with Crippen LogP contribution in [-0.2, 0) is 7.05 Å². The summed E-state index contributed by atoms with van der Waals surface area (Å²) in [7, 11) is 1.86. The Morgan fingerprint density at radius 1 is 1.19 bits per heavy atom. The predicted octanol–water partition coefficient (Wildman–Crippen LogP) is 5.69. The van der Waals surface area contributed by atoms with Gasteiger partial charge in [-0.15, -0.1) is 11.3 Å². The van der Waals surface area contributed by atoms with Crippen LogP contribution < -0.4 is 5.73 Å². The minimum absolute atomic E-state index is 0.656. The highest BCUT2D eigenvalue weighted by molar-refractivity contribution is 9.13. The van der Waals surface area contributed by atoms with E-state index in [0.717, 1.165) is 34.4 Å². The van der Waals surface area contributed by atoms with Crippen LogP contribution in [0.15, 0.2) is 43.1 Å². The molecule has 0 saturated carbocycles. The fourth-order valence-electron chi connectivity index (χ4n) is 2.10. The average Bonchev–Trinajstić information content (AvgIpc) is 2.91. The number of hydrogen-bond acceptors (Lipinski definition) is 3. The maximum absolute atomic E-state index is 6.23. The summed E-state index contributed by atoms with van der Waals surface area (Å²) in [6.45, 7) is 0. The van der Waals surface area contributed by atoms with Crippen LogP contribution in [0.25, 0.3) is 21.7 Å². The molecule has 108 valence electrons. The van der Waals surface area contributed by atoms with Gasteiger partial charge in [-0.05, 0) is 55.6 Å². The molecule has 0 aliphatic carbocycles. The van der Waals surface area contributed by atoms with Crippen molar-refractivity contribution in [2.45, 2.75) is 0 Å². The van der Waals surface area contributed by atoms with Gasteiger partial charge in [-0.3, -0.25) is 4.68 Å². The molecule has 0 fully saturated rings. The molecule has 0 atom stereocenters. The molecule has 0 radical (unpaired) electrons. The number of nitrogens with zero attached hydrogens (tertiary/aromatic N) is 2. The van der Waals surface area contributed by atoms with E-state index >= 15 is 0 Å². The van der Waals surface area contributed by atoms with Crippen molar-refractivity contribution in [3.05, 3.63) is 43.1 Å². The van der Waals surface area contributed by atoms with E-state index in [9.17, 15) is 0 Å². The highest BCUT2D eigenvalue weighted by Crippen LogP contribution is 2.43. The second kappa shape index (κ2) is 5.87. The molecule has 0 bridgehead atoms. The predicted molar refractivity (Wildman–Crippen MR) is 99.5 cm³/mol. The summed E-state index contributed by atoms with van der Waals surface area (Å²) < 4.78 is 4.80. The van der Waals surface area contributed by atoms with E-state index in [4.69, 9.17) is 5.73 Å². The van der Waals surface area contributed by atoms with E-state index in [-0.39, 0.29) is 0 Å². The third-order valence-electron chi connectivity index (χ3n) is 3.08. The van der Waals surface area contributed by atoms with Crippen LogP contribution >= 0.6 is 59.1 Å². The number of hydrogen-bond donors (Lipinski definition) is 1. The maximum atomic E-state index is 6.23. The van der Waals surface area contributed by atoms with Crippen molar-refractivity contribution in [1.82, 2.24) is 9.78 Å². The Labute approximate surface area is 151 Å². The Morgan fingerprint density at radius 2 is 1.95 bits per heavy atom. The first-order chi connectivity index (χ1) is 9.97. The molecular formula is C14H10Br3N3S. The fourth-order valence-corrected chi connectivity index (χ4v) is 4.53. The molecule has 0 amide bonds. The van der Waals surface area contributed by atoms with Crippen molar-refractivity contribution in [2.24, 2.45) is 7.05 Å². The summed E-state index contributed by atoms with van der Waals surface area (Å²) in [6, 6.07) is 10.1. The lowest BCUT2D eigenvalue weighted by molar-refractivity contribution is 0.783. The van der Waals surface area contributed by atoms with Gasteiger partial charge in [-0.1, -0.05) is 28.1 Å². The quantitative estimate of drug-likeness (QED) is 0.500. The van der Waals surface area contributed by atoms with Gasteiger partial charge in [0, 0.05) is 16.0 Å². The summed E-state index contributed by atoms with van der Waals surface area (Å²) in [4.78, 5) is 1.07. The summed E-state index contributed by atoms with van der Waals surface area (Å²) in [6.07, 6.45) is 0. The molecule has 0 unspecified atom stereocenters. The van der Waals surface area contributed by atoms with Gasteiger partial charge in [0.15, 0.2) is 0 Å². The summed E-state index contributed by atoms with van der Waals surface area (Å²) in [5.74, 6) is 0.656. The molecule has 7 heteroatoms. The number of rotatable bonds is 2. The summed E-state index contributed by atoms with van der Waals surface area (Å²) >= 11 is 12.2. The second-order valence-corrected chi connectivity index (χ2v) is 8.62. The number of thiophene rings is 1. The molecule has 0 aliphatic rings. The van der Waals surface area contributed by atoms with E-state index in [1.165, 1.54) is 0 Å². The number of halogens is 3. The lowest BCUT2D eigenvalue weighted by atomic mass is 10.0. The molecule has 3 rings (SSSR count). The zero-order valence-corrected chi connectivity index (χ0v) is 16.5. The topological polar surface area (TPSA) is 43.8 Å². The maximum Gasteiger partial charge on any atom is 0.129 e. The van der Waals surface area contributed by atoms with Crippen LogP contribution in [-0.4, -0.2) is 9.78 Å². The molecule has 0 aliphatic heterocycles. The first-order valence-corrected chi connectivity index (χ1v) is 9.20. The average molecular weight is 492 g/mol. The van der Waals surface area contributed by atoms with E-state index in [1.54, 1.807) is 16.0 Å². The van der Waals surface area contributed by atoms with E-state index in [0.29, 0.717) is 5.82 Å². The van der Waals surface area contributed by atoms with Crippen LogP contribution in [0.1, 0.15) is 0 Å². The molecule has 2 N–H and O–H groups in total. The van der Waals surface area contributed by atoms with Gasteiger partial charge in [0.25, 0.3) is 0 Å². The normalized spacial score (nSPS) is 11.0. The number of aromatic nitrogens is 2. The number of nitrogen functional groups attached to an aromatic ring is 1. The van der Waals surface area contributed by atoms with Crippen molar-refractivity contribution in [2.75, 3.05) is 5.73 Å². The minimum Gasteiger partial charge on any atom is -0.383 e. The highest BCUT2D eigenvalue weighted by Gasteiger charge is 2.20. The number of benzene rings is 1. The van der Waals surface area contributed by atoms with Gasteiger partial charge in [0.05, 0.1) is 14.2 Å². The van der Waals surface area contributed by atoms with Crippen LogP contribution in [0.3, 0.4) is 0 Å². The van der Waals surface area contributed by atoms with Crippen molar-refractivity contribution < 1.29 is 0 Å². The molecule has 3 nitrogen and oxygen atoms in total. The third kappa shape index (κ3) is 2.84. The van der Waals surface area contributed by atoms with Gasteiger partial charge in [0.2, 0.25) is 0 Å². The number of aryl methyl sites for hydroxylation is 1. The Kier molecular flexibility index (Phi) is 4.27. The zero-order valence-electron chi connectivity index (χ0n) is 10.9. The zero-order chi connectivity index (χ0) is 15.1. The molecule has 0 spiro atoms.